The molecule has 0 bridgehead atoms. The molecule has 18 heavy (non-hydrogen) atoms. The Morgan fingerprint density at radius 3 is 1.56 bits per heavy atom. The van der Waals surface area contributed by atoms with E-state index in [0.717, 1.165) is 6.42 Å². The van der Waals surface area contributed by atoms with Crippen LogP contribution >= 0.6 is 0 Å². The molecule has 0 aliphatic heterocycles. The zero-order valence-corrected chi connectivity index (χ0v) is 12.1. The van der Waals surface area contributed by atoms with Crippen molar-refractivity contribution in [2.24, 2.45) is 0 Å². The molecular formula is C18H22. The summed E-state index contributed by atoms with van der Waals surface area (Å²) in [5.41, 5.74) is 9.75. The molecule has 0 spiro atoms. The van der Waals surface area contributed by atoms with Crippen LogP contribution in [0, 0.1) is 34.6 Å². The minimum Gasteiger partial charge on any atom is -0.0564 e. The van der Waals surface area contributed by atoms with E-state index in [1.165, 1.54) is 38.9 Å². The maximum atomic E-state index is 2.32. The number of aryl methyl sites for hydroxylation is 4. The van der Waals surface area contributed by atoms with Crippen molar-refractivity contribution in [3.63, 3.8) is 0 Å². The Kier molecular flexibility index (Phi) is 3.56. The molecule has 0 fully saturated rings. The molecule has 0 saturated carbocycles. The second-order valence-corrected chi connectivity index (χ2v) is 5.53. The highest BCUT2D eigenvalue weighted by Gasteiger charge is 2.03. The van der Waals surface area contributed by atoms with E-state index < -0.39 is 0 Å². The van der Waals surface area contributed by atoms with Crippen LogP contribution in [0.5, 0.6) is 0 Å². The first-order valence-electron chi connectivity index (χ1n) is 6.59. The van der Waals surface area contributed by atoms with Crippen LogP contribution in [0.25, 0.3) is 0 Å². The molecule has 94 valence electrons. The smallest absolute Gasteiger partial charge is 0.00254 e. The van der Waals surface area contributed by atoms with E-state index in [4.69, 9.17) is 0 Å². The van der Waals surface area contributed by atoms with Gasteiger partial charge in [-0.15, -0.1) is 0 Å². The molecule has 0 heteroatoms. The third-order valence-corrected chi connectivity index (χ3v) is 3.68. The number of hydrogen-bond donors (Lipinski definition) is 0. The Bertz CT molecular complexity index is 533. The summed E-state index contributed by atoms with van der Waals surface area (Å²) in [6.45, 7) is 10.9. The third-order valence-electron chi connectivity index (χ3n) is 3.68. The van der Waals surface area contributed by atoms with E-state index in [0.29, 0.717) is 0 Å². The fourth-order valence-electron chi connectivity index (χ4n) is 2.63. The van der Waals surface area contributed by atoms with Gasteiger partial charge in [-0.3, -0.25) is 0 Å². The van der Waals surface area contributed by atoms with E-state index in [2.05, 4.69) is 65.0 Å². The lowest BCUT2D eigenvalue weighted by atomic mass is 9.95. The van der Waals surface area contributed by atoms with Crippen molar-refractivity contribution >= 4 is 0 Å². The minimum absolute atomic E-state index is 1.03. The van der Waals surface area contributed by atoms with Crippen LogP contribution in [-0.4, -0.2) is 0 Å². The average molecular weight is 238 g/mol. The largest absolute Gasteiger partial charge is 0.0564 e. The van der Waals surface area contributed by atoms with Crippen LogP contribution < -0.4 is 0 Å². The first kappa shape index (κ1) is 12.9. The zero-order valence-electron chi connectivity index (χ0n) is 12.1. The average Bonchev–Trinajstić information content (AvgIpc) is 2.24. The maximum absolute atomic E-state index is 2.32. The van der Waals surface area contributed by atoms with Gasteiger partial charge in [-0.05, 0) is 68.9 Å². The Morgan fingerprint density at radius 2 is 1.06 bits per heavy atom. The highest BCUT2D eigenvalue weighted by molar-refractivity contribution is 5.40. The van der Waals surface area contributed by atoms with E-state index in [1.807, 2.05) is 0 Å². The SMILES string of the molecule is Cc1cc(C)cc(Cc2cc(C)c(C)c(C)c2)c1. The third kappa shape index (κ3) is 2.81. The van der Waals surface area contributed by atoms with E-state index in [-0.39, 0.29) is 0 Å². The first-order valence-corrected chi connectivity index (χ1v) is 6.59. The summed E-state index contributed by atoms with van der Waals surface area (Å²) in [5, 5.41) is 0. The summed E-state index contributed by atoms with van der Waals surface area (Å²) in [6.07, 6.45) is 1.03. The fourth-order valence-corrected chi connectivity index (χ4v) is 2.63. The fraction of sp³-hybridized carbons (Fsp3) is 0.333. The Labute approximate surface area is 111 Å². The standard InChI is InChI=1S/C18H22/c1-12-6-13(2)8-17(7-12)11-18-9-14(3)16(5)15(4)10-18/h6-10H,11H2,1-5H3. The Balaban J connectivity index is 2.34. The molecule has 0 radical (unpaired) electrons. The summed E-state index contributed by atoms with van der Waals surface area (Å²) in [4.78, 5) is 0. The lowest BCUT2D eigenvalue weighted by Gasteiger charge is -2.10. The van der Waals surface area contributed by atoms with Crippen molar-refractivity contribution in [2.45, 2.75) is 41.0 Å². The molecule has 0 aromatic heterocycles. The van der Waals surface area contributed by atoms with Gasteiger partial charge in [0, 0.05) is 0 Å². The van der Waals surface area contributed by atoms with Crippen LogP contribution in [0.3, 0.4) is 0 Å². The van der Waals surface area contributed by atoms with Crippen molar-refractivity contribution in [1.29, 1.82) is 0 Å². The van der Waals surface area contributed by atoms with Crippen LogP contribution in [0.4, 0.5) is 0 Å². The molecule has 0 aliphatic rings. The molecule has 0 aliphatic carbocycles. The topological polar surface area (TPSA) is 0 Å². The van der Waals surface area contributed by atoms with Gasteiger partial charge in [0.25, 0.3) is 0 Å². The van der Waals surface area contributed by atoms with Gasteiger partial charge >= 0.3 is 0 Å². The second kappa shape index (κ2) is 4.97. The molecular weight excluding hydrogens is 216 g/mol. The molecule has 0 unspecified atom stereocenters. The van der Waals surface area contributed by atoms with Gasteiger partial charge in [0.15, 0.2) is 0 Å². The van der Waals surface area contributed by atoms with Crippen LogP contribution in [0.2, 0.25) is 0 Å². The molecule has 0 nitrogen and oxygen atoms in total. The van der Waals surface area contributed by atoms with Crippen LogP contribution in [0.15, 0.2) is 30.3 Å². The summed E-state index contributed by atoms with van der Waals surface area (Å²) in [7, 11) is 0. The normalized spacial score (nSPS) is 10.7. The molecule has 0 heterocycles. The quantitative estimate of drug-likeness (QED) is 0.703. The predicted molar refractivity (Wildman–Crippen MR) is 79.4 cm³/mol. The molecule has 0 amide bonds. The second-order valence-electron chi connectivity index (χ2n) is 5.53. The van der Waals surface area contributed by atoms with Gasteiger partial charge in [0.05, 0.1) is 0 Å². The van der Waals surface area contributed by atoms with Gasteiger partial charge in [-0.1, -0.05) is 41.5 Å². The van der Waals surface area contributed by atoms with Crippen LogP contribution in [0.1, 0.15) is 38.9 Å². The molecule has 0 N–H and O–H groups in total. The van der Waals surface area contributed by atoms with Crippen molar-refractivity contribution in [2.75, 3.05) is 0 Å². The Hall–Kier alpha value is -1.56. The summed E-state index contributed by atoms with van der Waals surface area (Å²) >= 11 is 0. The van der Waals surface area contributed by atoms with E-state index in [9.17, 15) is 0 Å². The number of benzene rings is 2. The van der Waals surface area contributed by atoms with Gasteiger partial charge in [-0.25, -0.2) is 0 Å². The highest BCUT2D eigenvalue weighted by atomic mass is 14.1. The molecule has 2 aromatic rings. The highest BCUT2D eigenvalue weighted by Crippen LogP contribution is 2.19. The van der Waals surface area contributed by atoms with Crippen molar-refractivity contribution in [3.05, 3.63) is 69.3 Å². The number of rotatable bonds is 2. The molecule has 0 atom stereocenters. The molecule has 2 rings (SSSR count). The van der Waals surface area contributed by atoms with Crippen molar-refractivity contribution in [3.8, 4) is 0 Å². The maximum Gasteiger partial charge on any atom is -0.00254 e. The summed E-state index contributed by atoms with van der Waals surface area (Å²) in [5.74, 6) is 0. The van der Waals surface area contributed by atoms with Gasteiger partial charge < -0.3 is 0 Å². The lowest BCUT2D eigenvalue weighted by molar-refractivity contribution is 1.13. The molecule has 2 aromatic carbocycles. The first-order chi connectivity index (χ1) is 8.45. The van der Waals surface area contributed by atoms with Crippen molar-refractivity contribution in [1.82, 2.24) is 0 Å². The lowest BCUT2D eigenvalue weighted by Crippen LogP contribution is -1.94. The summed E-state index contributed by atoms with van der Waals surface area (Å²) < 4.78 is 0. The van der Waals surface area contributed by atoms with Crippen molar-refractivity contribution < 1.29 is 0 Å². The van der Waals surface area contributed by atoms with E-state index >= 15 is 0 Å². The van der Waals surface area contributed by atoms with Gasteiger partial charge in [-0.2, -0.15) is 0 Å². The number of hydrogen-bond acceptors (Lipinski definition) is 0. The van der Waals surface area contributed by atoms with Gasteiger partial charge in [0.1, 0.15) is 0 Å². The monoisotopic (exact) mass is 238 g/mol. The predicted octanol–water partition coefficient (Wildman–Crippen LogP) is 4.82. The zero-order chi connectivity index (χ0) is 13.3. The van der Waals surface area contributed by atoms with Gasteiger partial charge in [0.2, 0.25) is 0 Å². The van der Waals surface area contributed by atoms with E-state index in [1.54, 1.807) is 0 Å². The Morgan fingerprint density at radius 1 is 0.611 bits per heavy atom. The molecule has 0 saturated heterocycles. The van der Waals surface area contributed by atoms with Crippen LogP contribution in [-0.2, 0) is 6.42 Å². The summed E-state index contributed by atoms with van der Waals surface area (Å²) in [6, 6.07) is 11.4. The minimum atomic E-state index is 1.03.